The van der Waals surface area contributed by atoms with E-state index in [1.807, 2.05) is 0 Å². The summed E-state index contributed by atoms with van der Waals surface area (Å²) in [5.74, 6) is 0. The number of nitrogens with zero attached hydrogens (tertiary/aromatic N) is 1. The molecule has 0 aliphatic rings. The Morgan fingerprint density at radius 1 is 1.12 bits per heavy atom. The van der Waals surface area contributed by atoms with E-state index in [1.54, 1.807) is 0 Å². The minimum Gasteiger partial charge on any atom is -0.326 e. The molecule has 0 amide bonds. The minimum absolute atomic E-state index is 0.337. The maximum absolute atomic E-state index is 12.3. The fourth-order valence-electron chi connectivity index (χ4n) is 1.01. The van der Waals surface area contributed by atoms with Crippen molar-refractivity contribution in [3.63, 3.8) is 0 Å². The van der Waals surface area contributed by atoms with E-state index in [1.165, 1.54) is 0 Å². The normalized spacial score (nSPS) is 13.2. The van der Waals surface area contributed by atoms with Gasteiger partial charge in [-0.25, -0.2) is 4.98 Å². The Balaban J connectivity index is 3.04. The maximum atomic E-state index is 12.3. The Hall–Kier alpha value is -0.830. The molecule has 16 heavy (non-hydrogen) atoms. The monoisotopic (exact) mass is 264 g/mol. The fourth-order valence-corrected chi connectivity index (χ4v) is 2.01. The lowest BCUT2D eigenvalue weighted by atomic mass is 10.3. The molecule has 0 fully saturated rings. The van der Waals surface area contributed by atoms with E-state index < -0.39 is 36.0 Å². The molecule has 92 valence electrons. The van der Waals surface area contributed by atoms with Gasteiger partial charge in [-0.2, -0.15) is 26.3 Å². The maximum Gasteiger partial charge on any atom is 0.434 e. The highest BCUT2D eigenvalue weighted by atomic mass is 32.1. The summed E-state index contributed by atoms with van der Waals surface area (Å²) in [6.45, 7) is -0.482. The van der Waals surface area contributed by atoms with Gasteiger partial charge in [0.15, 0.2) is 5.69 Å². The second-order valence-electron chi connectivity index (χ2n) is 2.87. The molecule has 2 nitrogen and oxygen atoms in total. The summed E-state index contributed by atoms with van der Waals surface area (Å²) in [5.41, 5.74) is 3.69. The van der Waals surface area contributed by atoms with Crippen LogP contribution in [0.15, 0.2) is 0 Å². The minimum atomic E-state index is -4.77. The Labute approximate surface area is 90.1 Å². The molecule has 1 aromatic rings. The molecular weight excluding hydrogens is 258 g/mol. The van der Waals surface area contributed by atoms with Gasteiger partial charge in [0.25, 0.3) is 0 Å². The predicted molar refractivity (Wildman–Crippen MR) is 44.8 cm³/mol. The summed E-state index contributed by atoms with van der Waals surface area (Å²) in [6, 6.07) is 0. The van der Waals surface area contributed by atoms with E-state index in [0.29, 0.717) is 11.3 Å². The van der Waals surface area contributed by atoms with Gasteiger partial charge < -0.3 is 5.73 Å². The lowest BCUT2D eigenvalue weighted by Gasteiger charge is -2.04. The van der Waals surface area contributed by atoms with E-state index in [9.17, 15) is 26.3 Å². The number of thiazole rings is 1. The van der Waals surface area contributed by atoms with Gasteiger partial charge in [-0.05, 0) is 0 Å². The summed E-state index contributed by atoms with van der Waals surface area (Å²) < 4.78 is 72.7. The second kappa shape index (κ2) is 4.21. The molecule has 0 saturated carbocycles. The number of alkyl halides is 6. The van der Waals surface area contributed by atoms with E-state index >= 15 is 0 Å². The molecule has 0 spiro atoms. The highest BCUT2D eigenvalue weighted by Crippen LogP contribution is 2.35. The average molecular weight is 264 g/mol. The van der Waals surface area contributed by atoms with Crippen LogP contribution in [0.25, 0.3) is 0 Å². The van der Waals surface area contributed by atoms with E-state index in [4.69, 9.17) is 5.73 Å². The first kappa shape index (κ1) is 13.2. The van der Waals surface area contributed by atoms with Crippen molar-refractivity contribution >= 4 is 11.3 Å². The molecule has 0 saturated heterocycles. The Morgan fingerprint density at radius 3 is 2.00 bits per heavy atom. The topological polar surface area (TPSA) is 38.9 Å². The lowest BCUT2D eigenvalue weighted by Crippen LogP contribution is -2.13. The number of rotatable bonds is 2. The first-order valence-electron chi connectivity index (χ1n) is 3.96. The molecule has 1 heterocycles. The third kappa shape index (κ3) is 3.34. The van der Waals surface area contributed by atoms with Gasteiger partial charge in [-0.3, -0.25) is 0 Å². The lowest BCUT2D eigenvalue weighted by molar-refractivity contribution is -0.142. The van der Waals surface area contributed by atoms with Crippen LogP contribution in [0.5, 0.6) is 0 Å². The zero-order valence-electron chi connectivity index (χ0n) is 7.61. The number of halogens is 6. The smallest absolute Gasteiger partial charge is 0.326 e. The molecular formula is C7H6F6N2S. The van der Waals surface area contributed by atoms with Crippen LogP contribution in [-0.2, 0) is 19.1 Å². The molecule has 0 radical (unpaired) electrons. The summed E-state index contributed by atoms with van der Waals surface area (Å²) in [5, 5.41) is -0.625. The van der Waals surface area contributed by atoms with Crippen molar-refractivity contribution < 1.29 is 26.3 Å². The van der Waals surface area contributed by atoms with Crippen LogP contribution in [0.1, 0.15) is 15.6 Å². The van der Waals surface area contributed by atoms with E-state index in [-0.39, 0.29) is 4.88 Å². The van der Waals surface area contributed by atoms with E-state index in [0.717, 1.165) is 0 Å². The molecule has 0 unspecified atom stereocenters. The van der Waals surface area contributed by atoms with Crippen molar-refractivity contribution in [2.45, 2.75) is 25.3 Å². The van der Waals surface area contributed by atoms with Gasteiger partial charge in [0.2, 0.25) is 0 Å². The van der Waals surface area contributed by atoms with Gasteiger partial charge >= 0.3 is 12.4 Å². The van der Waals surface area contributed by atoms with Crippen LogP contribution in [0.3, 0.4) is 0 Å². The zero-order valence-corrected chi connectivity index (χ0v) is 8.43. The summed E-state index contributed by atoms with van der Waals surface area (Å²) in [6.07, 6.45) is -10.8. The zero-order chi connectivity index (χ0) is 12.6. The van der Waals surface area contributed by atoms with E-state index in [2.05, 4.69) is 4.98 Å². The van der Waals surface area contributed by atoms with Crippen molar-refractivity contribution in [2.24, 2.45) is 5.73 Å². The Morgan fingerprint density at radius 2 is 1.69 bits per heavy atom. The predicted octanol–water partition coefficient (Wildman–Crippen LogP) is 2.73. The molecule has 2 N–H and O–H groups in total. The van der Waals surface area contributed by atoms with Gasteiger partial charge in [0.1, 0.15) is 5.01 Å². The molecule has 1 aromatic heterocycles. The van der Waals surface area contributed by atoms with Crippen LogP contribution in [-0.4, -0.2) is 11.2 Å². The van der Waals surface area contributed by atoms with Gasteiger partial charge in [-0.15, -0.1) is 11.3 Å². The molecule has 0 bridgehead atoms. The van der Waals surface area contributed by atoms with Gasteiger partial charge in [-0.1, -0.05) is 0 Å². The first-order valence-corrected chi connectivity index (χ1v) is 4.77. The van der Waals surface area contributed by atoms with Crippen molar-refractivity contribution in [1.29, 1.82) is 0 Å². The van der Waals surface area contributed by atoms with Crippen LogP contribution in [0.4, 0.5) is 26.3 Å². The largest absolute Gasteiger partial charge is 0.434 e. The third-order valence-corrected chi connectivity index (χ3v) is 2.62. The van der Waals surface area contributed by atoms with Crippen molar-refractivity contribution in [1.82, 2.24) is 4.98 Å². The molecule has 0 atom stereocenters. The molecule has 9 heteroatoms. The fraction of sp³-hybridized carbons (Fsp3) is 0.571. The summed E-state index contributed by atoms with van der Waals surface area (Å²) in [4.78, 5) is 2.55. The molecule has 0 aliphatic carbocycles. The van der Waals surface area contributed by atoms with Gasteiger partial charge in [0.05, 0.1) is 11.3 Å². The summed E-state index contributed by atoms with van der Waals surface area (Å²) >= 11 is 0.337. The molecule has 0 aliphatic heterocycles. The van der Waals surface area contributed by atoms with Crippen molar-refractivity contribution in [3.05, 3.63) is 15.6 Å². The van der Waals surface area contributed by atoms with Gasteiger partial charge in [0, 0.05) is 6.54 Å². The highest BCUT2D eigenvalue weighted by Gasteiger charge is 2.38. The highest BCUT2D eigenvalue weighted by molar-refractivity contribution is 7.11. The number of nitrogens with two attached hydrogens (primary N) is 1. The second-order valence-corrected chi connectivity index (χ2v) is 4.04. The third-order valence-electron chi connectivity index (χ3n) is 1.55. The van der Waals surface area contributed by atoms with Crippen molar-refractivity contribution in [3.8, 4) is 0 Å². The SMILES string of the molecule is NCc1sc(CC(F)(F)F)nc1C(F)(F)F. The average Bonchev–Trinajstić information content (AvgIpc) is 2.43. The Kier molecular flexibility index (Phi) is 3.48. The first-order chi connectivity index (χ1) is 7.13. The van der Waals surface area contributed by atoms with Crippen LogP contribution in [0, 0.1) is 0 Å². The number of hydrogen-bond acceptors (Lipinski definition) is 3. The van der Waals surface area contributed by atoms with Crippen LogP contribution >= 0.6 is 11.3 Å². The van der Waals surface area contributed by atoms with Crippen LogP contribution in [0.2, 0.25) is 0 Å². The van der Waals surface area contributed by atoms with Crippen molar-refractivity contribution in [2.75, 3.05) is 0 Å². The van der Waals surface area contributed by atoms with Crippen LogP contribution < -0.4 is 5.73 Å². The summed E-state index contributed by atoms with van der Waals surface area (Å²) in [7, 11) is 0. The standard InChI is InChI=1S/C7H6F6N2S/c8-6(9,10)1-4-15-5(7(11,12)13)3(2-14)16-4/h1-2,14H2. The quantitative estimate of drug-likeness (QED) is 0.834. The number of aromatic nitrogens is 1. The number of hydrogen-bond donors (Lipinski definition) is 1. The molecule has 0 aromatic carbocycles. The molecule has 1 rings (SSSR count). The Bertz CT molecular complexity index is 366.